The van der Waals surface area contributed by atoms with Crippen LogP contribution in [-0.2, 0) is 18.5 Å². The van der Waals surface area contributed by atoms with Gasteiger partial charge in [-0.15, -0.1) is 0 Å². The number of benzene rings is 9. The van der Waals surface area contributed by atoms with Crippen molar-refractivity contribution < 1.29 is 0 Å². The van der Waals surface area contributed by atoms with Gasteiger partial charge in [-0.2, -0.15) is 0 Å². The molecule has 0 fully saturated rings. The molecule has 9 aromatic carbocycles. The van der Waals surface area contributed by atoms with Gasteiger partial charge in [0.1, 0.15) is 0 Å². The van der Waals surface area contributed by atoms with Gasteiger partial charge >= 0.3 is 0 Å². The molecule has 1 aliphatic carbocycles. The van der Waals surface area contributed by atoms with Crippen molar-refractivity contribution in [1.29, 1.82) is 0 Å². The number of anilines is 4. The Bertz CT molecular complexity index is 3000. The number of hydrogen-bond donors (Lipinski definition) is 0. The first-order chi connectivity index (χ1) is 29.0. The highest BCUT2D eigenvalue weighted by atomic mass is 15.2. The molecule has 0 unspecified atom stereocenters. The Morgan fingerprint density at radius 3 is 1.76 bits per heavy atom. The molecule has 0 bridgehead atoms. The Morgan fingerprint density at radius 2 is 1.00 bits per heavy atom. The minimum atomic E-state index is -0.165. The smallest absolute Gasteiger partial charge is 0.0543 e. The van der Waals surface area contributed by atoms with E-state index in [9.17, 15) is 0 Å². The van der Waals surface area contributed by atoms with Gasteiger partial charge in [0.15, 0.2) is 0 Å². The third kappa shape index (κ3) is 6.03. The summed E-state index contributed by atoms with van der Waals surface area (Å²) >= 11 is 0. The first-order valence-corrected chi connectivity index (χ1v) is 20.7. The zero-order valence-electron chi connectivity index (χ0n) is 33.4. The van der Waals surface area contributed by atoms with E-state index in [4.69, 9.17) is 0 Å². The molecular formula is C57H44N2. The van der Waals surface area contributed by atoms with Crippen LogP contribution in [0.4, 0.5) is 22.7 Å². The summed E-state index contributed by atoms with van der Waals surface area (Å²) in [5.74, 6) is 0. The molecule has 1 aliphatic heterocycles. The summed E-state index contributed by atoms with van der Waals surface area (Å²) in [6.07, 6.45) is 0. The van der Waals surface area contributed by atoms with Gasteiger partial charge in [0.05, 0.1) is 5.69 Å². The maximum absolute atomic E-state index is 2.52. The largest absolute Gasteiger partial charge is 0.363 e. The molecule has 2 heteroatoms. The molecule has 282 valence electrons. The van der Waals surface area contributed by atoms with E-state index >= 15 is 0 Å². The van der Waals surface area contributed by atoms with Crippen molar-refractivity contribution in [2.45, 2.75) is 32.4 Å². The maximum atomic E-state index is 2.52. The molecule has 0 radical (unpaired) electrons. The summed E-state index contributed by atoms with van der Waals surface area (Å²) in [6, 6.07) is 76.2. The van der Waals surface area contributed by atoms with Crippen LogP contribution in [-0.4, -0.2) is 0 Å². The quantitative estimate of drug-likeness (QED) is 0.160. The fourth-order valence-electron chi connectivity index (χ4n) is 9.68. The van der Waals surface area contributed by atoms with Crippen molar-refractivity contribution in [2.75, 3.05) is 9.80 Å². The van der Waals surface area contributed by atoms with E-state index < -0.39 is 0 Å². The molecular weight excluding hydrogens is 713 g/mol. The molecule has 1 heterocycles. The molecule has 0 saturated carbocycles. The van der Waals surface area contributed by atoms with Gasteiger partial charge in [-0.1, -0.05) is 166 Å². The molecule has 2 aliphatic rings. The lowest BCUT2D eigenvalue weighted by atomic mass is 9.81. The van der Waals surface area contributed by atoms with Gasteiger partial charge < -0.3 is 9.80 Å². The van der Waals surface area contributed by atoms with E-state index in [1.807, 2.05) is 0 Å². The van der Waals surface area contributed by atoms with E-state index in [1.165, 1.54) is 88.9 Å². The van der Waals surface area contributed by atoms with E-state index in [1.54, 1.807) is 0 Å². The van der Waals surface area contributed by atoms with Crippen LogP contribution in [0, 0.1) is 0 Å². The monoisotopic (exact) mass is 756 g/mol. The number of fused-ring (bicyclic) bond motifs is 5. The zero-order valence-corrected chi connectivity index (χ0v) is 33.4. The summed E-state index contributed by atoms with van der Waals surface area (Å²) in [6.45, 7) is 6.53. The summed E-state index contributed by atoms with van der Waals surface area (Å²) in [5, 5.41) is 2.43. The summed E-state index contributed by atoms with van der Waals surface area (Å²) in [5.41, 5.74) is 20.1. The van der Waals surface area contributed by atoms with Gasteiger partial charge in [-0.3, -0.25) is 0 Å². The molecule has 0 N–H and O–H groups in total. The van der Waals surface area contributed by atoms with Crippen molar-refractivity contribution in [3.63, 3.8) is 0 Å². The molecule has 2 nitrogen and oxygen atoms in total. The standard InChI is InChI=1S/C57H44N2/c1-57(2)54-24-13-12-22-50(54)51-35-52(49-23-14-19-45-37-58(38-53(45)49)46-20-10-5-11-21-46)56(36-55(51)57)59(47-30-27-41(28-31-47)39-15-6-3-7-16-39)48-32-29-43-33-42(25-26-44(43)34-48)40-17-8-4-9-18-40/h3-36H,37-38H2,1-2H3. The molecule has 0 saturated heterocycles. The van der Waals surface area contributed by atoms with Crippen LogP contribution in [0.15, 0.2) is 206 Å². The van der Waals surface area contributed by atoms with Gasteiger partial charge in [0.2, 0.25) is 0 Å². The normalized spacial score (nSPS) is 13.6. The van der Waals surface area contributed by atoms with Gasteiger partial charge in [0.25, 0.3) is 0 Å². The highest BCUT2D eigenvalue weighted by molar-refractivity contribution is 5.98. The first kappa shape index (κ1) is 35.0. The van der Waals surface area contributed by atoms with Crippen LogP contribution >= 0.6 is 0 Å². The third-order valence-electron chi connectivity index (χ3n) is 12.8. The number of para-hydroxylation sites is 1. The Hall–Kier alpha value is -7.16. The second-order valence-corrected chi connectivity index (χ2v) is 16.6. The predicted molar refractivity (Wildman–Crippen MR) is 249 cm³/mol. The van der Waals surface area contributed by atoms with Crippen LogP contribution in [0.2, 0.25) is 0 Å². The van der Waals surface area contributed by atoms with Gasteiger partial charge in [-0.25, -0.2) is 0 Å². The van der Waals surface area contributed by atoms with Gasteiger partial charge in [-0.05, 0) is 127 Å². The average molecular weight is 757 g/mol. The van der Waals surface area contributed by atoms with Crippen LogP contribution in [0.1, 0.15) is 36.1 Å². The van der Waals surface area contributed by atoms with Crippen molar-refractivity contribution in [1.82, 2.24) is 0 Å². The van der Waals surface area contributed by atoms with Crippen LogP contribution in [0.5, 0.6) is 0 Å². The van der Waals surface area contributed by atoms with Gasteiger partial charge in [0, 0.05) is 41.1 Å². The van der Waals surface area contributed by atoms with Crippen molar-refractivity contribution in [2.24, 2.45) is 0 Å². The van der Waals surface area contributed by atoms with E-state index in [2.05, 4.69) is 230 Å². The van der Waals surface area contributed by atoms with Crippen LogP contribution in [0.3, 0.4) is 0 Å². The number of rotatable bonds is 7. The second-order valence-electron chi connectivity index (χ2n) is 16.6. The lowest BCUT2D eigenvalue weighted by Gasteiger charge is -2.31. The predicted octanol–water partition coefficient (Wildman–Crippen LogP) is 15.1. The molecule has 11 rings (SSSR count). The van der Waals surface area contributed by atoms with E-state index in [0.29, 0.717) is 0 Å². The fraction of sp³-hybridized carbons (Fsp3) is 0.0877. The highest BCUT2D eigenvalue weighted by Crippen LogP contribution is 2.54. The molecule has 0 amide bonds. The number of hydrogen-bond acceptors (Lipinski definition) is 2. The van der Waals surface area contributed by atoms with Crippen molar-refractivity contribution in [3.8, 4) is 44.5 Å². The lowest BCUT2D eigenvalue weighted by Crippen LogP contribution is -2.17. The molecule has 0 spiro atoms. The summed E-state index contributed by atoms with van der Waals surface area (Å²) < 4.78 is 0. The maximum Gasteiger partial charge on any atom is 0.0543 e. The highest BCUT2D eigenvalue weighted by Gasteiger charge is 2.37. The minimum absolute atomic E-state index is 0.165. The Labute approximate surface area is 347 Å². The lowest BCUT2D eigenvalue weighted by molar-refractivity contribution is 0.660. The fourth-order valence-corrected chi connectivity index (χ4v) is 9.68. The number of nitrogens with zero attached hydrogens (tertiary/aromatic N) is 2. The average Bonchev–Trinajstić information content (AvgIpc) is 3.84. The van der Waals surface area contributed by atoms with Crippen LogP contribution < -0.4 is 9.80 Å². The van der Waals surface area contributed by atoms with E-state index in [0.717, 1.165) is 24.5 Å². The molecule has 9 aromatic rings. The van der Waals surface area contributed by atoms with Crippen molar-refractivity contribution in [3.05, 3.63) is 229 Å². The third-order valence-corrected chi connectivity index (χ3v) is 12.8. The molecule has 0 aromatic heterocycles. The van der Waals surface area contributed by atoms with Crippen LogP contribution in [0.25, 0.3) is 55.3 Å². The minimum Gasteiger partial charge on any atom is -0.363 e. The Kier molecular flexibility index (Phi) is 8.34. The summed E-state index contributed by atoms with van der Waals surface area (Å²) in [4.78, 5) is 5.02. The topological polar surface area (TPSA) is 6.48 Å². The Balaban J connectivity index is 1.14. The molecule has 59 heavy (non-hydrogen) atoms. The van der Waals surface area contributed by atoms with Crippen molar-refractivity contribution >= 4 is 33.5 Å². The molecule has 0 atom stereocenters. The second kappa shape index (κ2) is 14.0. The van der Waals surface area contributed by atoms with E-state index in [-0.39, 0.29) is 5.41 Å². The SMILES string of the molecule is CC1(C)c2ccccc2-c2cc(-c3cccc4c3CN(c3ccccc3)C4)c(N(c3ccc(-c4ccccc4)cc3)c3ccc4cc(-c5ccccc5)ccc4c3)cc21. The first-order valence-electron chi connectivity index (χ1n) is 20.7. The Morgan fingerprint density at radius 1 is 0.407 bits per heavy atom. The summed E-state index contributed by atoms with van der Waals surface area (Å²) in [7, 11) is 0. The zero-order chi connectivity index (χ0) is 39.5.